The molecule has 3 aromatic rings. The standard InChI is InChI=1S/C29H31F2N3O4/c1-32(17-20-10-11-26(37-2)27(16-20)38-3)29(36)28-21(19-35)6-4-9-25(28)34-14-12-33(13-15-34)18-22-23(30)7-5-8-24(22)31/h4-11,16,19H,12-15,17-18H2,1-3H3. The summed E-state index contributed by atoms with van der Waals surface area (Å²) in [5.74, 6) is -0.245. The molecule has 0 bridgehead atoms. The number of anilines is 1. The van der Waals surface area contributed by atoms with E-state index in [1.165, 1.54) is 18.2 Å². The molecule has 0 saturated carbocycles. The molecule has 1 fully saturated rings. The molecular weight excluding hydrogens is 492 g/mol. The number of methoxy groups -OCH3 is 2. The van der Waals surface area contributed by atoms with E-state index in [1.807, 2.05) is 28.0 Å². The number of piperazine rings is 1. The average molecular weight is 524 g/mol. The van der Waals surface area contributed by atoms with Gasteiger partial charge in [0.2, 0.25) is 0 Å². The Bertz CT molecular complexity index is 1290. The van der Waals surface area contributed by atoms with Gasteiger partial charge in [-0.25, -0.2) is 8.78 Å². The normalized spacial score (nSPS) is 13.8. The zero-order valence-corrected chi connectivity index (χ0v) is 21.7. The molecule has 200 valence electrons. The molecule has 1 saturated heterocycles. The first-order valence-corrected chi connectivity index (χ1v) is 12.3. The van der Waals surface area contributed by atoms with Crippen LogP contribution in [-0.4, -0.2) is 69.4 Å². The first-order chi connectivity index (χ1) is 18.4. The Balaban J connectivity index is 1.51. The second-order valence-electron chi connectivity index (χ2n) is 9.17. The van der Waals surface area contributed by atoms with Crippen LogP contribution in [0.25, 0.3) is 0 Å². The Kier molecular flexibility index (Phi) is 8.58. The quantitative estimate of drug-likeness (QED) is 0.388. The minimum atomic E-state index is -0.559. The lowest BCUT2D eigenvalue weighted by molar-refractivity contribution is 0.0782. The smallest absolute Gasteiger partial charge is 0.256 e. The van der Waals surface area contributed by atoms with Gasteiger partial charge in [-0.1, -0.05) is 24.3 Å². The number of amides is 1. The number of ether oxygens (including phenoxy) is 2. The van der Waals surface area contributed by atoms with Crippen molar-refractivity contribution in [1.29, 1.82) is 0 Å². The largest absolute Gasteiger partial charge is 0.493 e. The summed E-state index contributed by atoms with van der Waals surface area (Å²) in [6.45, 7) is 2.65. The average Bonchev–Trinajstić information content (AvgIpc) is 2.94. The molecule has 1 aliphatic heterocycles. The van der Waals surface area contributed by atoms with Gasteiger partial charge >= 0.3 is 0 Å². The third-order valence-electron chi connectivity index (χ3n) is 6.79. The van der Waals surface area contributed by atoms with Crippen molar-refractivity contribution in [3.05, 3.63) is 88.5 Å². The van der Waals surface area contributed by atoms with Crippen molar-refractivity contribution in [3.63, 3.8) is 0 Å². The third-order valence-corrected chi connectivity index (χ3v) is 6.79. The third kappa shape index (κ3) is 5.78. The summed E-state index contributed by atoms with van der Waals surface area (Å²) >= 11 is 0. The molecule has 0 aliphatic carbocycles. The van der Waals surface area contributed by atoms with E-state index in [-0.39, 0.29) is 18.0 Å². The number of carbonyl (C=O) groups excluding carboxylic acids is 2. The van der Waals surface area contributed by atoms with Crippen LogP contribution in [0.1, 0.15) is 31.8 Å². The number of benzene rings is 3. The molecule has 38 heavy (non-hydrogen) atoms. The number of halogens is 2. The van der Waals surface area contributed by atoms with Crippen molar-refractivity contribution in [2.24, 2.45) is 0 Å². The summed E-state index contributed by atoms with van der Waals surface area (Å²) in [4.78, 5) is 31.1. The van der Waals surface area contributed by atoms with Crippen molar-refractivity contribution in [1.82, 2.24) is 9.80 Å². The maximum absolute atomic E-state index is 14.1. The van der Waals surface area contributed by atoms with E-state index in [2.05, 4.69) is 0 Å². The topological polar surface area (TPSA) is 62.3 Å². The number of hydrogen-bond donors (Lipinski definition) is 0. The summed E-state index contributed by atoms with van der Waals surface area (Å²) in [5, 5.41) is 0. The van der Waals surface area contributed by atoms with E-state index < -0.39 is 11.6 Å². The highest BCUT2D eigenvalue weighted by Gasteiger charge is 2.26. The monoisotopic (exact) mass is 523 g/mol. The van der Waals surface area contributed by atoms with Crippen LogP contribution in [0.15, 0.2) is 54.6 Å². The van der Waals surface area contributed by atoms with E-state index in [1.54, 1.807) is 44.4 Å². The summed E-state index contributed by atoms with van der Waals surface area (Å²) in [6.07, 6.45) is 0.693. The number of nitrogens with zero attached hydrogens (tertiary/aromatic N) is 3. The minimum Gasteiger partial charge on any atom is -0.493 e. The molecule has 0 aromatic heterocycles. The Morgan fingerprint density at radius 2 is 1.61 bits per heavy atom. The maximum atomic E-state index is 14.1. The zero-order chi connectivity index (χ0) is 27.2. The predicted octanol–water partition coefficient (Wildman–Crippen LogP) is 4.39. The van der Waals surface area contributed by atoms with Gasteiger partial charge in [-0.2, -0.15) is 0 Å². The molecule has 1 heterocycles. The molecule has 0 unspecified atom stereocenters. The van der Waals surface area contributed by atoms with Gasteiger partial charge in [0.15, 0.2) is 17.8 Å². The van der Waals surface area contributed by atoms with Crippen LogP contribution in [0.3, 0.4) is 0 Å². The van der Waals surface area contributed by atoms with Gasteiger partial charge in [0, 0.05) is 57.4 Å². The Labute approximate surface area is 221 Å². The molecule has 0 atom stereocenters. The highest BCUT2D eigenvalue weighted by Crippen LogP contribution is 2.30. The molecule has 0 N–H and O–H groups in total. The van der Waals surface area contributed by atoms with Crippen molar-refractivity contribution in [2.45, 2.75) is 13.1 Å². The lowest BCUT2D eigenvalue weighted by Crippen LogP contribution is -2.47. The fourth-order valence-electron chi connectivity index (χ4n) is 4.72. The van der Waals surface area contributed by atoms with Crippen LogP contribution in [0, 0.1) is 11.6 Å². The highest BCUT2D eigenvalue weighted by atomic mass is 19.1. The van der Waals surface area contributed by atoms with E-state index in [0.717, 1.165) is 5.56 Å². The number of aldehydes is 1. The SMILES string of the molecule is COc1ccc(CN(C)C(=O)c2c(C=O)cccc2N2CCN(Cc3c(F)cccc3F)CC2)cc1OC. The Morgan fingerprint density at radius 1 is 0.947 bits per heavy atom. The van der Waals surface area contributed by atoms with Gasteiger partial charge in [0.25, 0.3) is 5.91 Å². The van der Waals surface area contributed by atoms with Gasteiger partial charge in [-0.3, -0.25) is 14.5 Å². The summed E-state index contributed by atoms with van der Waals surface area (Å²) in [7, 11) is 4.80. The van der Waals surface area contributed by atoms with E-state index in [9.17, 15) is 18.4 Å². The zero-order valence-electron chi connectivity index (χ0n) is 21.7. The summed E-state index contributed by atoms with van der Waals surface area (Å²) in [6, 6.07) is 14.5. The molecule has 1 amide bonds. The van der Waals surface area contributed by atoms with Gasteiger partial charge in [0.05, 0.1) is 25.5 Å². The van der Waals surface area contributed by atoms with Crippen molar-refractivity contribution >= 4 is 17.9 Å². The highest BCUT2D eigenvalue weighted by molar-refractivity contribution is 6.06. The van der Waals surface area contributed by atoms with Crippen LogP contribution in [0.5, 0.6) is 11.5 Å². The molecule has 1 aliphatic rings. The van der Waals surface area contributed by atoms with E-state index >= 15 is 0 Å². The van der Waals surface area contributed by atoms with Crippen molar-refractivity contribution in [2.75, 3.05) is 52.3 Å². The van der Waals surface area contributed by atoms with Crippen LogP contribution >= 0.6 is 0 Å². The lowest BCUT2D eigenvalue weighted by Gasteiger charge is -2.37. The van der Waals surface area contributed by atoms with Crippen molar-refractivity contribution < 1.29 is 27.8 Å². The fraction of sp³-hybridized carbons (Fsp3) is 0.310. The second-order valence-corrected chi connectivity index (χ2v) is 9.17. The summed E-state index contributed by atoms with van der Waals surface area (Å²) < 4.78 is 38.9. The molecule has 0 spiro atoms. The Morgan fingerprint density at radius 3 is 2.24 bits per heavy atom. The van der Waals surface area contributed by atoms with Gasteiger partial charge < -0.3 is 19.3 Å². The fourth-order valence-corrected chi connectivity index (χ4v) is 4.72. The number of rotatable bonds is 9. The van der Waals surface area contributed by atoms with Crippen LogP contribution in [0.4, 0.5) is 14.5 Å². The van der Waals surface area contributed by atoms with E-state index in [4.69, 9.17) is 9.47 Å². The first-order valence-electron chi connectivity index (χ1n) is 12.3. The second kappa shape index (κ2) is 12.0. The van der Waals surface area contributed by atoms with E-state index in [0.29, 0.717) is 67.3 Å². The number of hydrogen-bond acceptors (Lipinski definition) is 6. The van der Waals surface area contributed by atoms with Gasteiger partial charge in [0.1, 0.15) is 11.6 Å². The van der Waals surface area contributed by atoms with Crippen LogP contribution < -0.4 is 14.4 Å². The molecule has 7 nitrogen and oxygen atoms in total. The van der Waals surface area contributed by atoms with Gasteiger partial charge in [-0.05, 0) is 35.9 Å². The molecule has 9 heteroatoms. The molecule has 3 aromatic carbocycles. The number of carbonyl (C=O) groups is 2. The lowest BCUT2D eigenvalue weighted by atomic mass is 10.0. The van der Waals surface area contributed by atoms with Crippen LogP contribution in [0.2, 0.25) is 0 Å². The van der Waals surface area contributed by atoms with Crippen molar-refractivity contribution in [3.8, 4) is 11.5 Å². The van der Waals surface area contributed by atoms with Gasteiger partial charge in [-0.15, -0.1) is 0 Å². The Hall–Kier alpha value is -3.98. The summed E-state index contributed by atoms with van der Waals surface area (Å²) in [5.41, 5.74) is 2.20. The first kappa shape index (κ1) is 27.1. The predicted molar refractivity (Wildman–Crippen MR) is 141 cm³/mol. The minimum absolute atomic E-state index is 0.0524. The maximum Gasteiger partial charge on any atom is 0.256 e. The molecular formula is C29H31F2N3O4. The molecule has 4 rings (SSSR count). The molecule has 0 radical (unpaired) electrons. The van der Waals surface area contributed by atoms with Crippen LogP contribution in [-0.2, 0) is 13.1 Å².